The molecule has 1 N–H and O–H groups in total. The Hall–Kier alpha value is -0.900. The molecule has 1 aliphatic carbocycles. The molecule has 0 saturated heterocycles. The van der Waals surface area contributed by atoms with Crippen molar-refractivity contribution >= 4 is 17.3 Å². The number of aromatic nitrogens is 1. The molecule has 0 bridgehead atoms. The zero-order valence-corrected chi connectivity index (χ0v) is 11.0. The predicted octanol–water partition coefficient (Wildman–Crippen LogP) is 3.92. The van der Waals surface area contributed by atoms with Gasteiger partial charge >= 0.3 is 5.97 Å². The lowest BCUT2D eigenvalue weighted by molar-refractivity contribution is 0.0691. The molecule has 1 aromatic heterocycles. The average molecular weight is 253 g/mol. The van der Waals surface area contributed by atoms with Crippen molar-refractivity contribution in [2.24, 2.45) is 5.92 Å². The van der Waals surface area contributed by atoms with E-state index in [-0.39, 0.29) is 5.69 Å². The largest absolute Gasteiger partial charge is 0.476 e. The molecule has 2 rings (SSSR count). The fraction of sp³-hybridized carbons (Fsp3) is 0.692. The smallest absolute Gasteiger partial charge is 0.355 e. The lowest BCUT2D eigenvalue weighted by Gasteiger charge is -2.26. The van der Waals surface area contributed by atoms with Gasteiger partial charge in [-0.25, -0.2) is 9.78 Å². The second-order valence-corrected chi connectivity index (χ2v) is 5.77. The topological polar surface area (TPSA) is 50.2 Å². The number of carbonyl (C=O) groups is 1. The minimum atomic E-state index is -0.910. The summed E-state index contributed by atoms with van der Waals surface area (Å²) in [5, 5.41) is 11.5. The highest BCUT2D eigenvalue weighted by Gasteiger charge is 2.24. The van der Waals surface area contributed by atoms with Crippen molar-refractivity contribution in [1.29, 1.82) is 0 Å². The molecule has 0 radical (unpaired) electrons. The summed E-state index contributed by atoms with van der Waals surface area (Å²) in [7, 11) is 0. The van der Waals surface area contributed by atoms with Crippen molar-refractivity contribution < 1.29 is 9.90 Å². The number of carboxylic acid groups (broad SMARTS) is 1. The summed E-state index contributed by atoms with van der Waals surface area (Å²) < 4.78 is 0. The first-order valence-electron chi connectivity index (χ1n) is 6.39. The minimum Gasteiger partial charge on any atom is -0.476 e. The number of aromatic carboxylic acids is 1. The first kappa shape index (κ1) is 12.6. The second kappa shape index (κ2) is 5.63. The molecule has 1 aromatic rings. The van der Waals surface area contributed by atoms with Gasteiger partial charge in [0.25, 0.3) is 0 Å². The molecule has 0 aliphatic heterocycles. The molecule has 0 atom stereocenters. The zero-order chi connectivity index (χ0) is 12.3. The quantitative estimate of drug-likeness (QED) is 0.885. The van der Waals surface area contributed by atoms with Gasteiger partial charge in [0.15, 0.2) is 5.69 Å². The lowest BCUT2D eigenvalue weighted by atomic mass is 9.80. The molecular weight excluding hydrogens is 234 g/mol. The number of hydrogen-bond acceptors (Lipinski definition) is 3. The first-order valence-corrected chi connectivity index (χ1v) is 7.27. The molecule has 1 aliphatic rings. The predicted molar refractivity (Wildman–Crippen MR) is 68.7 cm³/mol. The third-order valence-electron chi connectivity index (χ3n) is 3.63. The maximum atomic E-state index is 10.8. The summed E-state index contributed by atoms with van der Waals surface area (Å²) in [6, 6.07) is 0. The Morgan fingerprint density at radius 3 is 2.71 bits per heavy atom. The number of rotatable bonds is 4. The van der Waals surface area contributed by atoms with Crippen molar-refractivity contribution in [2.45, 2.75) is 51.4 Å². The van der Waals surface area contributed by atoms with Crippen molar-refractivity contribution in [3.05, 3.63) is 16.1 Å². The fourth-order valence-corrected chi connectivity index (χ4v) is 3.64. The fourth-order valence-electron chi connectivity index (χ4n) is 2.68. The normalized spacial score (nSPS) is 24.8. The first-order chi connectivity index (χ1) is 8.20. The lowest BCUT2D eigenvalue weighted by Crippen LogP contribution is -2.13. The summed E-state index contributed by atoms with van der Waals surface area (Å²) >= 11 is 1.51. The summed E-state index contributed by atoms with van der Waals surface area (Å²) in [5.41, 5.74) is 0.209. The van der Waals surface area contributed by atoms with E-state index in [1.54, 1.807) is 5.38 Å². The molecule has 94 valence electrons. The Morgan fingerprint density at radius 2 is 2.18 bits per heavy atom. The molecule has 4 heteroatoms. The van der Waals surface area contributed by atoms with Crippen LogP contribution in [-0.2, 0) is 0 Å². The van der Waals surface area contributed by atoms with Crippen LogP contribution in [0.5, 0.6) is 0 Å². The van der Waals surface area contributed by atoms with Crippen LogP contribution in [-0.4, -0.2) is 16.1 Å². The Balaban J connectivity index is 1.93. The molecule has 0 amide bonds. The van der Waals surface area contributed by atoms with Crippen molar-refractivity contribution in [3.8, 4) is 0 Å². The van der Waals surface area contributed by atoms with Crippen LogP contribution < -0.4 is 0 Å². The minimum absolute atomic E-state index is 0.209. The Kier molecular flexibility index (Phi) is 4.15. The number of nitrogens with zero attached hydrogens (tertiary/aromatic N) is 1. The van der Waals surface area contributed by atoms with Gasteiger partial charge in [0, 0.05) is 11.3 Å². The molecule has 1 saturated carbocycles. The van der Waals surface area contributed by atoms with E-state index in [9.17, 15) is 4.79 Å². The van der Waals surface area contributed by atoms with Gasteiger partial charge in [-0.15, -0.1) is 11.3 Å². The molecule has 0 spiro atoms. The van der Waals surface area contributed by atoms with E-state index in [1.165, 1.54) is 49.9 Å². The molecule has 0 unspecified atom stereocenters. The van der Waals surface area contributed by atoms with Crippen LogP contribution in [0.4, 0.5) is 0 Å². The van der Waals surface area contributed by atoms with Crippen molar-refractivity contribution in [3.63, 3.8) is 0 Å². The summed E-state index contributed by atoms with van der Waals surface area (Å²) in [6.45, 7) is 2.24. The van der Waals surface area contributed by atoms with Crippen molar-refractivity contribution in [1.82, 2.24) is 4.98 Å². The van der Waals surface area contributed by atoms with Crippen LogP contribution in [0.15, 0.2) is 5.38 Å². The highest BCUT2D eigenvalue weighted by Crippen LogP contribution is 2.38. The van der Waals surface area contributed by atoms with E-state index >= 15 is 0 Å². The highest BCUT2D eigenvalue weighted by molar-refractivity contribution is 7.09. The Bertz CT molecular complexity index is 381. The van der Waals surface area contributed by atoms with Gasteiger partial charge in [0.1, 0.15) is 0 Å². The van der Waals surface area contributed by atoms with E-state index in [1.807, 2.05) is 0 Å². The summed E-state index contributed by atoms with van der Waals surface area (Å²) in [6.07, 6.45) is 7.52. The van der Waals surface area contributed by atoms with Crippen LogP contribution in [0.25, 0.3) is 0 Å². The van der Waals surface area contributed by atoms with E-state index < -0.39 is 5.97 Å². The van der Waals surface area contributed by atoms with Gasteiger partial charge in [-0.3, -0.25) is 0 Å². The molecule has 17 heavy (non-hydrogen) atoms. The Labute approximate surface area is 106 Å². The maximum Gasteiger partial charge on any atom is 0.355 e. The van der Waals surface area contributed by atoms with E-state index in [4.69, 9.17) is 5.11 Å². The van der Waals surface area contributed by atoms with Gasteiger partial charge in [0.05, 0.1) is 5.01 Å². The SMILES string of the molecule is CCCC1CCC(c2nc(C(=O)O)cs2)CC1. The third kappa shape index (κ3) is 3.06. The molecular formula is C13H19NO2S. The Morgan fingerprint density at radius 1 is 1.47 bits per heavy atom. The number of carboxylic acids is 1. The third-order valence-corrected chi connectivity index (χ3v) is 4.64. The summed E-state index contributed by atoms with van der Waals surface area (Å²) in [4.78, 5) is 15.0. The van der Waals surface area contributed by atoms with Crippen LogP contribution in [0.3, 0.4) is 0 Å². The number of hydrogen-bond donors (Lipinski definition) is 1. The van der Waals surface area contributed by atoms with Crippen LogP contribution in [0.1, 0.15) is 66.9 Å². The summed E-state index contributed by atoms with van der Waals surface area (Å²) in [5.74, 6) is 0.475. The number of thiazole rings is 1. The average Bonchev–Trinajstić information content (AvgIpc) is 2.80. The second-order valence-electron chi connectivity index (χ2n) is 4.88. The van der Waals surface area contributed by atoms with Crippen LogP contribution in [0, 0.1) is 5.92 Å². The van der Waals surface area contributed by atoms with Gasteiger partial charge in [-0.2, -0.15) is 0 Å². The van der Waals surface area contributed by atoms with Crippen molar-refractivity contribution in [2.75, 3.05) is 0 Å². The van der Waals surface area contributed by atoms with Crippen LogP contribution >= 0.6 is 11.3 Å². The highest BCUT2D eigenvalue weighted by atomic mass is 32.1. The molecule has 1 heterocycles. The molecule has 3 nitrogen and oxygen atoms in total. The van der Waals surface area contributed by atoms with E-state index in [2.05, 4.69) is 11.9 Å². The standard InChI is InChI=1S/C13H19NO2S/c1-2-3-9-4-6-10(7-5-9)12-14-11(8-17-12)13(15)16/h8-10H,2-7H2,1H3,(H,15,16). The van der Waals surface area contributed by atoms with Crippen LogP contribution in [0.2, 0.25) is 0 Å². The van der Waals surface area contributed by atoms with Gasteiger partial charge < -0.3 is 5.11 Å². The van der Waals surface area contributed by atoms with Gasteiger partial charge in [0.2, 0.25) is 0 Å². The van der Waals surface area contributed by atoms with Gasteiger partial charge in [-0.05, 0) is 31.6 Å². The zero-order valence-electron chi connectivity index (χ0n) is 10.2. The maximum absolute atomic E-state index is 10.8. The van der Waals surface area contributed by atoms with Gasteiger partial charge in [-0.1, -0.05) is 19.8 Å². The van der Waals surface area contributed by atoms with E-state index in [0.29, 0.717) is 5.92 Å². The van der Waals surface area contributed by atoms with E-state index in [0.717, 1.165) is 10.9 Å². The monoisotopic (exact) mass is 253 g/mol. The molecule has 1 fully saturated rings. The molecule has 0 aromatic carbocycles.